The number of hydrogen-bond donors (Lipinski definition) is 2. The third-order valence-electron chi connectivity index (χ3n) is 2.48. The van der Waals surface area contributed by atoms with Gasteiger partial charge in [0.15, 0.2) is 0 Å². The SMILES string of the molecule is Cc1cc(Cl)ccc1C(CO)NC(=O)OC(C)(C)C. The number of rotatable bonds is 3. The lowest BCUT2D eigenvalue weighted by Gasteiger charge is -2.23. The van der Waals surface area contributed by atoms with Gasteiger partial charge in [-0.05, 0) is 51.0 Å². The van der Waals surface area contributed by atoms with Crippen molar-refractivity contribution in [2.45, 2.75) is 39.3 Å². The summed E-state index contributed by atoms with van der Waals surface area (Å²) in [5.74, 6) is 0. The van der Waals surface area contributed by atoms with E-state index in [1.807, 2.05) is 6.92 Å². The Morgan fingerprint density at radius 1 is 1.47 bits per heavy atom. The van der Waals surface area contributed by atoms with E-state index in [0.717, 1.165) is 11.1 Å². The number of alkyl carbamates (subject to hydrolysis) is 1. The first-order valence-corrected chi connectivity index (χ1v) is 6.47. The van der Waals surface area contributed by atoms with Crippen LogP contribution in [0.25, 0.3) is 0 Å². The predicted molar refractivity (Wildman–Crippen MR) is 75.4 cm³/mol. The van der Waals surface area contributed by atoms with Crippen LogP contribution in [0.1, 0.15) is 37.9 Å². The summed E-state index contributed by atoms with van der Waals surface area (Å²) in [4.78, 5) is 11.7. The maximum absolute atomic E-state index is 11.7. The Morgan fingerprint density at radius 2 is 2.11 bits per heavy atom. The number of hydrogen-bond acceptors (Lipinski definition) is 3. The first-order chi connectivity index (χ1) is 8.73. The number of ether oxygens (including phenoxy) is 1. The maximum Gasteiger partial charge on any atom is 0.408 e. The summed E-state index contributed by atoms with van der Waals surface area (Å²) in [6.45, 7) is 7.03. The number of aliphatic hydroxyl groups is 1. The number of amides is 1. The van der Waals surface area contributed by atoms with Crippen LogP contribution in [0.2, 0.25) is 5.02 Å². The van der Waals surface area contributed by atoms with Crippen molar-refractivity contribution in [2.24, 2.45) is 0 Å². The molecule has 0 heterocycles. The lowest BCUT2D eigenvalue weighted by Crippen LogP contribution is -2.36. The van der Waals surface area contributed by atoms with Crippen LogP contribution in [0.3, 0.4) is 0 Å². The Hall–Kier alpha value is -1.26. The summed E-state index contributed by atoms with van der Waals surface area (Å²) in [5.41, 5.74) is 1.15. The highest BCUT2D eigenvalue weighted by Gasteiger charge is 2.21. The fourth-order valence-electron chi connectivity index (χ4n) is 1.70. The van der Waals surface area contributed by atoms with Crippen molar-refractivity contribution in [2.75, 3.05) is 6.61 Å². The van der Waals surface area contributed by atoms with Crippen molar-refractivity contribution < 1.29 is 14.6 Å². The van der Waals surface area contributed by atoms with Gasteiger partial charge in [0.1, 0.15) is 5.60 Å². The summed E-state index contributed by atoms with van der Waals surface area (Å²) >= 11 is 5.88. The van der Waals surface area contributed by atoms with Crippen LogP contribution in [0.5, 0.6) is 0 Å². The van der Waals surface area contributed by atoms with Gasteiger partial charge < -0.3 is 15.2 Å². The normalized spacial score (nSPS) is 12.9. The van der Waals surface area contributed by atoms with E-state index >= 15 is 0 Å². The first-order valence-electron chi connectivity index (χ1n) is 6.09. The van der Waals surface area contributed by atoms with Gasteiger partial charge in [-0.25, -0.2) is 4.79 Å². The summed E-state index contributed by atoms with van der Waals surface area (Å²) in [7, 11) is 0. The van der Waals surface area contributed by atoms with Gasteiger partial charge in [0.25, 0.3) is 0 Å². The van der Waals surface area contributed by atoms with E-state index in [1.165, 1.54) is 0 Å². The van der Waals surface area contributed by atoms with E-state index in [1.54, 1.807) is 39.0 Å². The average Bonchev–Trinajstić information content (AvgIpc) is 2.24. The molecule has 1 aromatic carbocycles. The minimum atomic E-state index is -0.570. The molecule has 0 aromatic heterocycles. The highest BCUT2D eigenvalue weighted by atomic mass is 35.5. The minimum Gasteiger partial charge on any atom is -0.444 e. The monoisotopic (exact) mass is 285 g/mol. The minimum absolute atomic E-state index is 0.207. The summed E-state index contributed by atoms with van der Waals surface area (Å²) in [5, 5.41) is 12.7. The Labute approximate surface area is 118 Å². The zero-order valence-electron chi connectivity index (χ0n) is 11.7. The van der Waals surface area contributed by atoms with Crippen LogP contribution >= 0.6 is 11.6 Å². The number of benzene rings is 1. The van der Waals surface area contributed by atoms with Gasteiger partial charge in [-0.15, -0.1) is 0 Å². The van der Waals surface area contributed by atoms with E-state index in [9.17, 15) is 9.90 Å². The van der Waals surface area contributed by atoms with Crippen LogP contribution < -0.4 is 5.32 Å². The van der Waals surface area contributed by atoms with Gasteiger partial charge in [0, 0.05) is 5.02 Å². The third-order valence-corrected chi connectivity index (χ3v) is 2.72. The second-order valence-electron chi connectivity index (χ2n) is 5.38. The molecule has 1 aromatic rings. The van der Waals surface area contributed by atoms with Crippen LogP contribution in [0, 0.1) is 6.92 Å². The molecule has 4 nitrogen and oxygen atoms in total. The molecule has 5 heteroatoms. The maximum atomic E-state index is 11.7. The van der Waals surface area contributed by atoms with Crippen LogP contribution in [-0.4, -0.2) is 23.4 Å². The number of halogens is 1. The standard InChI is InChI=1S/C14H20ClNO3/c1-9-7-10(15)5-6-11(9)12(8-17)16-13(18)19-14(2,3)4/h5-7,12,17H,8H2,1-4H3,(H,16,18). The first kappa shape index (κ1) is 15.8. The molecule has 0 aliphatic carbocycles. The van der Waals surface area contributed by atoms with Crippen molar-refractivity contribution >= 4 is 17.7 Å². The molecule has 19 heavy (non-hydrogen) atoms. The van der Waals surface area contributed by atoms with E-state index < -0.39 is 17.7 Å². The number of carbonyl (C=O) groups excluding carboxylic acids is 1. The fourth-order valence-corrected chi connectivity index (χ4v) is 1.93. The Kier molecular flexibility index (Phi) is 5.20. The van der Waals surface area contributed by atoms with Gasteiger partial charge in [0.05, 0.1) is 12.6 Å². The molecule has 0 spiro atoms. The molecule has 1 atom stereocenters. The summed E-state index contributed by atoms with van der Waals surface area (Å²) in [6.07, 6.45) is -0.555. The molecule has 1 amide bonds. The summed E-state index contributed by atoms with van der Waals surface area (Å²) < 4.78 is 5.17. The number of aliphatic hydroxyl groups excluding tert-OH is 1. The lowest BCUT2D eigenvalue weighted by molar-refractivity contribution is 0.0481. The van der Waals surface area contributed by atoms with Gasteiger partial charge in [-0.3, -0.25) is 0 Å². The van der Waals surface area contributed by atoms with Crippen LogP contribution in [0.4, 0.5) is 4.79 Å². The largest absolute Gasteiger partial charge is 0.444 e. The molecule has 106 valence electrons. The van der Waals surface area contributed by atoms with Crippen LogP contribution in [-0.2, 0) is 4.74 Å². The van der Waals surface area contributed by atoms with Crippen molar-refractivity contribution in [1.29, 1.82) is 0 Å². The molecule has 0 saturated carbocycles. The molecule has 2 N–H and O–H groups in total. The number of nitrogens with one attached hydrogen (secondary N) is 1. The average molecular weight is 286 g/mol. The second kappa shape index (κ2) is 6.26. The van der Waals surface area contributed by atoms with Crippen molar-refractivity contribution in [1.82, 2.24) is 5.32 Å². The molecule has 0 aliphatic rings. The number of carbonyl (C=O) groups is 1. The van der Waals surface area contributed by atoms with E-state index in [4.69, 9.17) is 16.3 Å². The topological polar surface area (TPSA) is 58.6 Å². The molecular weight excluding hydrogens is 266 g/mol. The zero-order valence-corrected chi connectivity index (χ0v) is 12.4. The third kappa shape index (κ3) is 5.09. The zero-order chi connectivity index (χ0) is 14.6. The molecule has 0 fully saturated rings. The fraction of sp³-hybridized carbons (Fsp3) is 0.500. The van der Waals surface area contributed by atoms with Gasteiger partial charge in [0.2, 0.25) is 0 Å². The molecule has 0 saturated heterocycles. The Morgan fingerprint density at radius 3 is 2.58 bits per heavy atom. The summed E-state index contributed by atoms with van der Waals surface area (Å²) in [6, 6.07) is 4.79. The quantitative estimate of drug-likeness (QED) is 0.896. The highest BCUT2D eigenvalue weighted by molar-refractivity contribution is 6.30. The molecule has 1 unspecified atom stereocenters. The van der Waals surface area contributed by atoms with E-state index in [0.29, 0.717) is 5.02 Å². The molecular formula is C14H20ClNO3. The Balaban J connectivity index is 2.81. The van der Waals surface area contributed by atoms with Crippen molar-refractivity contribution in [3.05, 3.63) is 34.3 Å². The molecule has 0 bridgehead atoms. The van der Waals surface area contributed by atoms with Gasteiger partial charge in [-0.1, -0.05) is 17.7 Å². The van der Waals surface area contributed by atoms with Gasteiger partial charge >= 0.3 is 6.09 Å². The number of aryl methyl sites for hydroxylation is 1. The Bertz CT molecular complexity index is 454. The van der Waals surface area contributed by atoms with E-state index in [2.05, 4.69) is 5.32 Å². The molecule has 0 aliphatic heterocycles. The predicted octanol–water partition coefficient (Wildman–Crippen LogP) is 3.21. The van der Waals surface area contributed by atoms with Gasteiger partial charge in [-0.2, -0.15) is 0 Å². The lowest BCUT2D eigenvalue weighted by atomic mass is 10.0. The highest BCUT2D eigenvalue weighted by Crippen LogP contribution is 2.21. The molecule has 1 rings (SSSR count). The van der Waals surface area contributed by atoms with Crippen molar-refractivity contribution in [3.8, 4) is 0 Å². The molecule has 0 radical (unpaired) electrons. The van der Waals surface area contributed by atoms with Crippen LogP contribution in [0.15, 0.2) is 18.2 Å². The smallest absolute Gasteiger partial charge is 0.408 e. The second-order valence-corrected chi connectivity index (χ2v) is 5.82. The van der Waals surface area contributed by atoms with Crippen molar-refractivity contribution in [3.63, 3.8) is 0 Å². The van der Waals surface area contributed by atoms with E-state index in [-0.39, 0.29) is 6.61 Å².